The quantitative estimate of drug-likeness (QED) is 0.833. The van der Waals surface area contributed by atoms with Gasteiger partial charge < -0.3 is 15.0 Å². The van der Waals surface area contributed by atoms with Crippen molar-refractivity contribution in [1.82, 2.24) is 15.0 Å². The lowest BCUT2D eigenvalue weighted by Crippen LogP contribution is -2.15. The van der Waals surface area contributed by atoms with E-state index in [4.69, 9.17) is 4.74 Å². The first-order valence-corrected chi connectivity index (χ1v) is 6.71. The molecule has 0 aliphatic rings. The lowest BCUT2D eigenvalue weighted by molar-refractivity contribution is 0.438. The van der Waals surface area contributed by atoms with E-state index in [1.54, 1.807) is 11.9 Å². The van der Waals surface area contributed by atoms with Crippen molar-refractivity contribution in [3.8, 4) is 11.8 Å². The van der Waals surface area contributed by atoms with Gasteiger partial charge in [-0.3, -0.25) is 0 Å². The van der Waals surface area contributed by atoms with E-state index in [9.17, 15) is 0 Å². The van der Waals surface area contributed by atoms with Crippen molar-refractivity contribution in [3.63, 3.8) is 0 Å². The molecule has 1 aromatic carbocycles. The van der Waals surface area contributed by atoms with E-state index in [0.29, 0.717) is 11.9 Å². The first-order chi connectivity index (χ1) is 9.10. The first kappa shape index (κ1) is 13.8. The molecule has 0 amide bonds. The summed E-state index contributed by atoms with van der Waals surface area (Å²) in [6.07, 6.45) is 0. The number of benzene rings is 1. The maximum atomic E-state index is 5.71. The molecule has 6 nitrogen and oxygen atoms in total. The number of halogens is 1. The summed E-state index contributed by atoms with van der Waals surface area (Å²) in [5.74, 6) is 1.74. The monoisotopic (exact) mass is 371 g/mol. The van der Waals surface area contributed by atoms with Gasteiger partial charge in [-0.15, -0.1) is 0 Å². The fourth-order valence-electron chi connectivity index (χ4n) is 1.33. The van der Waals surface area contributed by atoms with Crippen LogP contribution in [-0.2, 0) is 0 Å². The van der Waals surface area contributed by atoms with Crippen LogP contribution in [0.2, 0.25) is 0 Å². The minimum absolute atomic E-state index is 0.271. The highest BCUT2D eigenvalue weighted by Crippen LogP contribution is 2.25. The standard InChI is InChI=1S/C12H14IN5O/c1-14-10-15-11(18(2)3)17-12(16-10)19-9-7-5-4-6-8(9)13/h4-7H,1-3H3,(H,14,15,16,17). The van der Waals surface area contributed by atoms with Gasteiger partial charge in [-0.05, 0) is 34.7 Å². The van der Waals surface area contributed by atoms with Crippen molar-refractivity contribution < 1.29 is 4.74 Å². The molecule has 2 rings (SSSR count). The van der Waals surface area contributed by atoms with Crippen LogP contribution < -0.4 is 15.0 Å². The normalized spacial score (nSPS) is 10.1. The molecule has 0 radical (unpaired) electrons. The van der Waals surface area contributed by atoms with E-state index in [1.807, 2.05) is 38.4 Å². The van der Waals surface area contributed by atoms with Gasteiger partial charge in [0, 0.05) is 21.1 Å². The predicted molar refractivity (Wildman–Crippen MR) is 82.9 cm³/mol. The van der Waals surface area contributed by atoms with Gasteiger partial charge in [0.25, 0.3) is 0 Å². The molecule has 100 valence electrons. The average Bonchev–Trinajstić information content (AvgIpc) is 2.41. The van der Waals surface area contributed by atoms with Crippen LogP contribution in [0.1, 0.15) is 0 Å². The Bertz CT molecular complexity index is 576. The SMILES string of the molecule is CNc1nc(Oc2ccccc2I)nc(N(C)C)n1. The van der Waals surface area contributed by atoms with Crippen molar-refractivity contribution in [2.24, 2.45) is 0 Å². The van der Waals surface area contributed by atoms with Gasteiger partial charge in [0.1, 0.15) is 5.75 Å². The van der Waals surface area contributed by atoms with E-state index in [0.717, 1.165) is 9.32 Å². The zero-order chi connectivity index (χ0) is 13.8. The Hall–Kier alpha value is -1.64. The average molecular weight is 371 g/mol. The number of rotatable bonds is 4. The van der Waals surface area contributed by atoms with Crippen molar-refractivity contribution in [2.75, 3.05) is 31.4 Å². The molecule has 1 N–H and O–H groups in total. The Morgan fingerprint density at radius 2 is 1.89 bits per heavy atom. The molecule has 1 heterocycles. The Kier molecular flexibility index (Phi) is 4.35. The summed E-state index contributed by atoms with van der Waals surface area (Å²) in [5.41, 5.74) is 0. The Labute approximate surface area is 125 Å². The number of anilines is 2. The minimum atomic E-state index is 0.271. The second kappa shape index (κ2) is 6.00. The third-order valence-electron chi connectivity index (χ3n) is 2.26. The minimum Gasteiger partial charge on any atom is -0.423 e. The fraction of sp³-hybridized carbons (Fsp3) is 0.250. The molecule has 0 atom stereocenters. The molecule has 7 heteroatoms. The van der Waals surface area contributed by atoms with Crippen molar-refractivity contribution in [1.29, 1.82) is 0 Å². The highest BCUT2D eigenvalue weighted by molar-refractivity contribution is 14.1. The van der Waals surface area contributed by atoms with Gasteiger partial charge in [-0.2, -0.15) is 15.0 Å². The van der Waals surface area contributed by atoms with E-state index >= 15 is 0 Å². The zero-order valence-corrected chi connectivity index (χ0v) is 13.0. The van der Waals surface area contributed by atoms with E-state index < -0.39 is 0 Å². The van der Waals surface area contributed by atoms with Gasteiger partial charge in [0.15, 0.2) is 0 Å². The molecule has 0 aliphatic carbocycles. The topological polar surface area (TPSA) is 63.2 Å². The Balaban J connectivity index is 2.34. The van der Waals surface area contributed by atoms with Crippen LogP contribution in [0.25, 0.3) is 0 Å². The molecule has 0 saturated heterocycles. The van der Waals surface area contributed by atoms with E-state index in [2.05, 4.69) is 42.9 Å². The highest BCUT2D eigenvalue weighted by Gasteiger charge is 2.10. The van der Waals surface area contributed by atoms with Crippen LogP contribution in [0.5, 0.6) is 11.8 Å². The summed E-state index contributed by atoms with van der Waals surface area (Å²) in [7, 11) is 5.49. The van der Waals surface area contributed by atoms with Crippen molar-refractivity contribution in [2.45, 2.75) is 0 Å². The molecule has 0 unspecified atom stereocenters. The molecule has 0 saturated carbocycles. The second-order valence-corrected chi connectivity index (χ2v) is 5.08. The number of nitrogens with one attached hydrogen (secondary N) is 1. The third-order valence-corrected chi connectivity index (χ3v) is 3.16. The van der Waals surface area contributed by atoms with Gasteiger partial charge >= 0.3 is 6.01 Å². The molecule has 0 aliphatic heterocycles. The Morgan fingerprint density at radius 3 is 2.53 bits per heavy atom. The molecule has 1 aromatic heterocycles. The van der Waals surface area contributed by atoms with E-state index in [1.165, 1.54) is 0 Å². The summed E-state index contributed by atoms with van der Waals surface area (Å²) in [6, 6.07) is 7.96. The third kappa shape index (κ3) is 3.43. The summed E-state index contributed by atoms with van der Waals surface area (Å²) in [4.78, 5) is 14.5. The zero-order valence-electron chi connectivity index (χ0n) is 10.9. The summed E-state index contributed by atoms with van der Waals surface area (Å²) in [6.45, 7) is 0. The molecule has 19 heavy (non-hydrogen) atoms. The van der Waals surface area contributed by atoms with Crippen LogP contribution in [0.3, 0.4) is 0 Å². The van der Waals surface area contributed by atoms with Gasteiger partial charge in [0.2, 0.25) is 11.9 Å². The smallest absolute Gasteiger partial charge is 0.328 e. The van der Waals surface area contributed by atoms with E-state index in [-0.39, 0.29) is 6.01 Å². The lowest BCUT2D eigenvalue weighted by Gasteiger charge is -2.13. The van der Waals surface area contributed by atoms with Crippen molar-refractivity contribution in [3.05, 3.63) is 27.8 Å². The van der Waals surface area contributed by atoms with Crippen LogP contribution in [0.4, 0.5) is 11.9 Å². The number of hydrogen-bond donors (Lipinski definition) is 1. The van der Waals surface area contributed by atoms with Crippen molar-refractivity contribution >= 4 is 34.5 Å². The van der Waals surface area contributed by atoms with Crippen LogP contribution >= 0.6 is 22.6 Å². The predicted octanol–water partition coefficient (Wildman–Crippen LogP) is 2.38. The molecule has 0 spiro atoms. The summed E-state index contributed by atoms with van der Waals surface area (Å²) < 4.78 is 6.70. The molecule has 0 bridgehead atoms. The summed E-state index contributed by atoms with van der Waals surface area (Å²) >= 11 is 2.20. The summed E-state index contributed by atoms with van der Waals surface area (Å²) in [5, 5.41) is 2.89. The highest BCUT2D eigenvalue weighted by atomic mass is 127. The second-order valence-electron chi connectivity index (χ2n) is 3.92. The van der Waals surface area contributed by atoms with Crippen LogP contribution in [-0.4, -0.2) is 36.1 Å². The maximum Gasteiger partial charge on any atom is 0.328 e. The van der Waals surface area contributed by atoms with Gasteiger partial charge in [-0.1, -0.05) is 12.1 Å². The molecular formula is C12H14IN5O. The van der Waals surface area contributed by atoms with Gasteiger partial charge in [-0.25, -0.2) is 0 Å². The van der Waals surface area contributed by atoms with Crippen LogP contribution in [0, 0.1) is 3.57 Å². The fourth-order valence-corrected chi connectivity index (χ4v) is 1.83. The molecule has 2 aromatic rings. The maximum absolute atomic E-state index is 5.71. The number of aromatic nitrogens is 3. The number of nitrogens with zero attached hydrogens (tertiary/aromatic N) is 4. The van der Waals surface area contributed by atoms with Gasteiger partial charge in [0.05, 0.1) is 3.57 Å². The Morgan fingerprint density at radius 1 is 1.16 bits per heavy atom. The number of ether oxygens (including phenoxy) is 1. The largest absolute Gasteiger partial charge is 0.423 e. The number of hydrogen-bond acceptors (Lipinski definition) is 6. The van der Waals surface area contributed by atoms with Crippen LogP contribution in [0.15, 0.2) is 24.3 Å². The number of para-hydroxylation sites is 1. The molecule has 0 fully saturated rings. The molecular weight excluding hydrogens is 357 g/mol. The lowest BCUT2D eigenvalue weighted by atomic mass is 10.3. The first-order valence-electron chi connectivity index (χ1n) is 5.63.